The Balaban J connectivity index is 1.82. The fourth-order valence-electron chi connectivity index (χ4n) is 1.96. The van der Waals surface area contributed by atoms with Crippen molar-refractivity contribution in [2.75, 3.05) is 26.3 Å². The van der Waals surface area contributed by atoms with Crippen molar-refractivity contribution >= 4 is 5.97 Å². The standard InChI is InChI=1S/C17H27NO3/c1-2-20-17(19)12-7-4-8-13-18-14-9-15-21-16-10-5-3-6-11-16/h3,5-6,10-11,18H,2,4,7-9,12-15H2,1H3. The predicted octanol–water partition coefficient (Wildman–Crippen LogP) is 3.17. The number of carbonyl (C=O) groups excluding carboxylic acids is 1. The molecule has 4 heteroatoms. The van der Waals surface area contributed by atoms with Gasteiger partial charge in [0.2, 0.25) is 0 Å². The zero-order valence-corrected chi connectivity index (χ0v) is 13.0. The highest BCUT2D eigenvalue weighted by molar-refractivity contribution is 5.69. The first-order valence-corrected chi connectivity index (χ1v) is 7.87. The van der Waals surface area contributed by atoms with Crippen LogP contribution in [0.2, 0.25) is 0 Å². The number of para-hydroxylation sites is 1. The summed E-state index contributed by atoms with van der Waals surface area (Å²) in [5.41, 5.74) is 0. The van der Waals surface area contributed by atoms with Gasteiger partial charge in [-0.3, -0.25) is 4.79 Å². The maximum atomic E-state index is 11.1. The van der Waals surface area contributed by atoms with Crippen LogP contribution < -0.4 is 10.1 Å². The van der Waals surface area contributed by atoms with E-state index in [-0.39, 0.29) is 5.97 Å². The maximum absolute atomic E-state index is 11.1. The number of carbonyl (C=O) groups is 1. The van der Waals surface area contributed by atoms with E-state index in [2.05, 4.69) is 5.32 Å². The van der Waals surface area contributed by atoms with Crippen LogP contribution in [0.1, 0.15) is 39.0 Å². The third-order valence-corrected chi connectivity index (χ3v) is 3.05. The zero-order chi connectivity index (χ0) is 15.2. The van der Waals surface area contributed by atoms with E-state index in [1.54, 1.807) is 0 Å². The van der Waals surface area contributed by atoms with Crippen molar-refractivity contribution < 1.29 is 14.3 Å². The Morgan fingerprint density at radius 3 is 2.57 bits per heavy atom. The predicted molar refractivity (Wildman–Crippen MR) is 84.5 cm³/mol. The highest BCUT2D eigenvalue weighted by atomic mass is 16.5. The summed E-state index contributed by atoms with van der Waals surface area (Å²) in [5.74, 6) is 0.847. The number of benzene rings is 1. The van der Waals surface area contributed by atoms with Gasteiger partial charge in [-0.05, 0) is 51.4 Å². The van der Waals surface area contributed by atoms with E-state index in [0.717, 1.165) is 51.1 Å². The third kappa shape index (κ3) is 9.91. The molecule has 4 nitrogen and oxygen atoms in total. The molecule has 0 saturated heterocycles. The second kappa shape index (κ2) is 12.2. The van der Waals surface area contributed by atoms with Crippen LogP contribution in [-0.2, 0) is 9.53 Å². The van der Waals surface area contributed by atoms with Crippen LogP contribution in [0.5, 0.6) is 5.75 Å². The number of hydrogen-bond acceptors (Lipinski definition) is 4. The molecule has 0 bridgehead atoms. The first kappa shape index (κ1) is 17.5. The van der Waals surface area contributed by atoms with Gasteiger partial charge >= 0.3 is 5.97 Å². The number of rotatable bonds is 12. The first-order chi connectivity index (χ1) is 10.3. The third-order valence-electron chi connectivity index (χ3n) is 3.05. The van der Waals surface area contributed by atoms with E-state index < -0.39 is 0 Å². The summed E-state index contributed by atoms with van der Waals surface area (Å²) in [6.07, 6.45) is 4.61. The fourth-order valence-corrected chi connectivity index (χ4v) is 1.96. The molecule has 0 spiro atoms. The summed E-state index contributed by atoms with van der Waals surface area (Å²) >= 11 is 0. The minimum Gasteiger partial charge on any atom is -0.494 e. The van der Waals surface area contributed by atoms with Gasteiger partial charge in [-0.25, -0.2) is 0 Å². The van der Waals surface area contributed by atoms with Crippen molar-refractivity contribution in [2.45, 2.75) is 39.0 Å². The number of esters is 1. The van der Waals surface area contributed by atoms with Gasteiger partial charge < -0.3 is 14.8 Å². The number of hydrogen-bond donors (Lipinski definition) is 1. The summed E-state index contributed by atoms with van der Waals surface area (Å²) in [5, 5.41) is 3.39. The Kier molecular flexibility index (Phi) is 10.2. The molecule has 1 aromatic rings. The van der Waals surface area contributed by atoms with E-state index in [0.29, 0.717) is 13.0 Å². The lowest BCUT2D eigenvalue weighted by Gasteiger charge is -2.07. The average molecular weight is 293 g/mol. The SMILES string of the molecule is CCOC(=O)CCCCCNCCCOc1ccccc1. The molecule has 0 aliphatic carbocycles. The second-order valence-electron chi connectivity index (χ2n) is 4.88. The molecule has 1 rings (SSSR count). The molecular formula is C17H27NO3. The largest absolute Gasteiger partial charge is 0.494 e. The second-order valence-corrected chi connectivity index (χ2v) is 4.88. The summed E-state index contributed by atoms with van der Waals surface area (Å²) < 4.78 is 10.5. The zero-order valence-electron chi connectivity index (χ0n) is 13.0. The summed E-state index contributed by atoms with van der Waals surface area (Å²) in [7, 11) is 0. The van der Waals surface area contributed by atoms with Crippen LogP contribution in [-0.4, -0.2) is 32.3 Å². The lowest BCUT2D eigenvalue weighted by atomic mass is 10.2. The Hall–Kier alpha value is -1.55. The van der Waals surface area contributed by atoms with Crippen LogP contribution in [0, 0.1) is 0 Å². The van der Waals surface area contributed by atoms with Crippen molar-refractivity contribution in [1.29, 1.82) is 0 Å². The normalized spacial score (nSPS) is 10.3. The maximum Gasteiger partial charge on any atom is 0.305 e. The Labute approximate surface area is 127 Å². The van der Waals surface area contributed by atoms with Crippen molar-refractivity contribution in [3.63, 3.8) is 0 Å². The lowest BCUT2D eigenvalue weighted by molar-refractivity contribution is -0.143. The molecule has 0 unspecified atom stereocenters. The van der Waals surface area contributed by atoms with Gasteiger partial charge in [-0.1, -0.05) is 24.6 Å². The molecule has 1 N–H and O–H groups in total. The molecule has 0 heterocycles. The molecule has 0 atom stereocenters. The van der Waals surface area contributed by atoms with Crippen LogP contribution in [0.15, 0.2) is 30.3 Å². The monoisotopic (exact) mass is 293 g/mol. The van der Waals surface area contributed by atoms with E-state index in [9.17, 15) is 4.79 Å². The van der Waals surface area contributed by atoms with E-state index >= 15 is 0 Å². The van der Waals surface area contributed by atoms with Crippen molar-refractivity contribution in [2.24, 2.45) is 0 Å². The molecule has 21 heavy (non-hydrogen) atoms. The number of nitrogens with one attached hydrogen (secondary N) is 1. The van der Waals surface area contributed by atoms with Gasteiger partial charge in [0.25, 0.3) is 0 Å². The van der Waals surface area contributed by atoms with Gasteiger partial charge in [-0.15, -0.1) is 0 Å². The smallest absolute Gasteiger partial charge is 0.305 e. The summed E-state index contributed by atoms with van der Waals surface area (Å²) in [4.78, 5) is 11.1. The molecule has 0 aliphatic heterocycles. The Morgan fingerprint density at radius 2 is 1.81 bits per heavy atom. The molecule has 0 saturated carbocycles. The first-order valence-electron chi connectivity index (χ1n) is 7.87. The molecule has 0 fully saturated rings. The minimum atomic E-state index is -0.0801. The van der Waals surface area contributed by atoms with Crippen molar-refractivity contribution in [3.05, 3.63) is 30.3 Å². The van der Waals surface area contributed by atoms with Crippen molar-refractivity contribution in [3.8, 4) is 5.75 Å². The van der Waals surface area contributed by atoms with Crippen LogP contribution in [0.4, 0.5) is 0 Å². The minimum absolute atomic E-state index is 0.0801. The Bertz CT molecular complexity index is 368. The molecule has 1 aromatic carbocycles. The average Bonchev–Trinajstić information content (AvgIpc) is 2.50. The van der Waals surface area contributed by atoms with Crippen LogP contribution in [0.25, 0.3) is 0 Å². The molecule has 0 aliphatic rings. The van der Waals surface area contributed by atoms with Gasteiger partial charge in [0.15, 0.2) is 0 Å². The fraction of sp³-hybridized carbons (Fsp3) is 0.588. The van der Waals surface area contributed by atoms with Gasteiger partial charge in [0, 0.05) is 6.42 Å². The van der Waals surface area contributed by atoms with Gasteiger partial charge in [-0.2, -0.15) is 0 Å². The van der Waals surface area contributed by atoms with Crippen molar-refractivity contribution in [1.82, 2.24) is 5.32 Å². The quantitative estimate of drug-likeness (QED) is 0.475. The van der Waals surface area contributed by atoms with Gasteiger partial charge in [0.1, 0.15) is 5.75 Å². The molecule has 0 radical (unpaired) electrons. The summed E-state index contributed by atoms with van der Waals surface area (Å²) in [6.45, 7) is 5.01. The highest BCUT2D eigenvalue weighted by Gasteiger charge is 2.00. The van der Waals surface area contributed by atoms with Crippen LogP contribution >= 0.6 is 0 Å². The summed E-state index contributed by atoms with van der Waals surface area (Å²) in [6, 6.07) is 9.87. The van der Waals surface area contributed by atoms with E-state index in [1.807, 2.05) is 37.3 Å². The number of unbranched alkanes of at least 4 members (excludes halogenated alkanes) is 2. The lowest BCUT2D eigenvalue weighted by Crippen LogP contribution is -2.18. The molecule has 0 amide bonds. The Morgan fingerprint density at radius 1 is 1.05 bits per heavy atom. The topological polar surface area (TPSA) is 47.6 Å². The van der Waals surface area contributed by atoms with E-state index in [4.69, 9.17) is 9.47 Å². The van der Waals surface area contributed by atoms with Gasteiger partial charge in [0.05, 0.1) is 13.2 Å². The highest BCUT2D eigenvalue weighted by Crippen LogP contribution is 2.08. The van der Waals surface area contributed by atoms with E-state index in [1.165, 1.54) is 0 Å². The molecule has 0 aromatic heterocycles. The molecule has 118 valence electrons. The number of ether oxygens (including phenoxy) is 2. The molecular weight excluding hydrogens is 266 g/mol. The van der Waals surface area contributed by atoms with Crippen LogP contribution in [0.3, 0.4) is 0 Å².